The van der Waals surface area contributed by atoms with Crippen molar-refractivity contribution in [3.05, 3.63) is 46.3 Å². The van der Waals surface area contributed by atoms with Gasteiger partial charge in [0.25, 0.3) is 0 Å². The zero-order valence-corrected chi connectivity index (χ0v) is 13.7. The Morgan fingerprint density at radius 2 is 2.10 bits per heavy atom. The van der Waals surface area contributed by atoms with Crippen molar-refractivity contribution < 1.29 is 9.32 Å². The van der Waals surface area contributed by atoms with Crippen molar-refractivity contribution >= 4 is 33.6 Å². The molecule has 0 N–H and O–H groups in total. The van der Waals surface area contributed by atoms with Gasteiger partial charge in [-0.25, -0.2) is 0 Å². The molecule has 2 rings (SSSR count). The Morgan fingerprint density at radius 1 is 1.40 bits per heavy atom. The van der Waals surface area contributed by atoms with Crippen LogP contribution in [0.4, 0.5) is 0 Å². The molecule has 0 unspecified atom stereocenters. The van der Waals surface area contributed by atoms with E-state index in [1.54, 1.807) is 11.9 Å². The molecule has 0 spiro atoms. The van der Waals surface area contributed by atoms with Gasteiger partial charge in [0, 0.05) is 22.5 Å². The van der Waals surface area contributed by atoms with E-state index in [0.717, 1.165) is 20.8 Å². The molecule has 0 radical (unpaired) electrons. The van der Waals surface area contributed by atoms with E-state index < -0.39 is 0 Å². The minimum atomic E-state index is 0.0681. The van der Waals surface area contributed by atoms with Crippen LogP contribution in [0.15, 0.2) is 44.2 Å². The maximum atomic E-state index is 12.0. The van der Waals surface area contributed by atoms with E-state index in [4.69, 9.17) is 4.52 Å². The molecule has 106 valence electrons. The fourth-order valence-corrected chi connectivity index (χ4v) is 2.71. The third-order valence-corrected chi connectivity index (χ3v) is 4.20. The summed E-state index contributed by atoms with van der Waals surface area (Å²) in [5.74, 6) is 1.23. The van der Waals surface area contributed by atoms with E-state index in [0.29, 0.717) is 12.3 Å². The van der Waals surface area contributed by atoms with Gasteiger partial charge in [0.05, 0.1) is 12.3 Å². The third-order valence-electron chi connectivity index (χ3n) is 2.68. The van der Waals surface area contributed by atoms with Gasteiger partial charge in [-0.05, 0) is 31.2 Å². The summed E-state index contributed by atoms with van der Waals surface area (Å²) >= 11 is 4.91. The number of carbonyl (C=O) groups is 1. The highest BCUT2D eigenvalue weighted by Crippen LogP contribution is 2.21. The summed E-state index contributed by atoms with van der Waals surface area (Å²) < 4.78 is 6.02. The number of aromatic nitrogens is 1. The minimum Gasteiger partial charge on any atom is -0.361 e. The molecule has 1 aromatic heterocycles. The number of hydrogen-bond acceptors (Lipinski definition) is 4. The second-order valence-electron chi connectivity index (χ2n) is 4.42. The highest BCUT2D eigenvalue weighted by molar-refractivity contribution is 9.10. The second kappa shape index (κ2) is 6.95. The summed E-state index contributed by atoms with van der Waals surface area (Å²) in [6, 6.07) is 9.75. The fraction of sp³-hybridized carbons (Fsp3) is 0.286. The lowest BCUT2D eigenvalue weighted by atomic mass is 10.3. The third kappa shape index (κ3) is 4.38. The lowest BCUT2D eigenvalue weighted by Gasteiger charge is -2.15. The second-order valence-corrected chi connectivity index (χ2v) is 6.39. The molecule has 20 heavy (non-hydrogen) atoms. The maximum absolute atomic E-state index is 12.0. The van der Waals surface area contributed by atoms with Crippen LogP contribution in [0, 0.1) is 6.92 Å². The predicted octanol–water partition coefficient (Wildman–Crippen LogP) is 3.50. The van der Waals surface area contributed by atoms with Crippen molar-refractivity contribution in [2.75, 3.05) is 12.8 Å². The van der Waals surface area contributed by atoms with Crippen LogP contribution in [-0.4, -0.2) is 28.8 Å². The zero-order chi connectivity index (χ0) is 14.5. The summed E-state index contributed by atoms with van der Waals surface area (Å²) in [4.78, 5) is 14.8. The topological polar surface area (TPSA) is 46.3 Å². The molecule has 0 aliphatic carbocycles. The molecule has 0 aliphatic rings. The van der Waals surface area contributed by atoms with Crippen LogP contribution in [0.1, 0.15) is 11.5 Å². The number of aryl methyl sites for hydroxylation is 1. The van der Waals surface area contributed by atoms with Crippen LogP contribution in [0.25, 0.3) is 0 Å². The molecule has 4 nitrogen and oxygen atoms in total. The lowest BCUT2D eigenvalue weighted by Crippen LogP contribution is -2.27. The van der Waals surface area contributed by atoms with Crippen molar-refractivity contribution in [3.8, 4) is 0 Å². The minimum absolute atomic E-state index is 0.0681. The van der Waals surface area contributed by atoms with Gasteiger partial charge in [-0.15, -0.1) is 11.8 Å². The van der Waals surface area contributed by atoms with Gasteiger partial charge in [-0.2, -0.15) is 0 Å². The van der Waals surface area contributed by atoms with Crippen LogP contribution >= 0.6 is 27.7 Å². The SMILES string of the molecule is Cc1cc(CN(C)C(=O)CSc2ccc(Br)cc2)no1. The molecule has 1 amide bonds. The number of carbonyl (C=O) groups excluding carboxylic acids is 1. The van der Waals surface area contributed by atoms with E-state index in [1.807, 2.05) is 37.3 Å². The highest BCUT2D eigenvalue weighted by atomic mass is 79.9. The Balaban J connectivity index is 1.83. The number of rotatable bonds is 5. The Morgan fingerprint density at radius 3 is 2.70 bits per heavy atom. The van der Waals surface area contributed by atoms with Gasteiger partial charge in [-0.1, -0.05) is 21.1 Å². The molecule has 1 heterocycles. The quantitative estimate of drug-likeness (QED) is 0.771. The smallest absolute Gasteiger partial charge is 0.233 e. The first-order chi connectivity index (χ1) is 9.54. The summed E-state index contributed by atoms with van der Waals surface area (Å²) in [7, 11) is 1.77. The van der Waals surface area contributed by atoms with E-state index in [9.17, 15) is 4.79 Å². The molecule has 0 saturated heterocycles. The zero-order valence-electron chi connectivity index (χ0n) is 11.3. The van der Waals surface area contributed by atoms with E-state index in [-0.39, 0.29) is 5.91 Å². The molecular formula is C14H15BrN2O2S. The molecule has 6 heteroatoms. The standard InChI is InChI=1S/C14H15BrN2O2S/c1-10-7-12(16-19-10)8-17(2)14(18)9-20-13-5-3-11(15)4-6-13/h3-7H,8-9H2,1-2H3. The van der Waals surface area contributed by atoms with Crippen molar-refractivity contribution in [2.45, 2.75) is 18.4 Å². The molecule has 0 bridgehead atoms. The number of halogens is 1. The maximum Gasteiger partial charge on any atom is 0.233 e. The summed E-state index contributed by atoms with van der Waals surface area (Å²) in [5, 5.41) is 3.89. The fourth-order valence-electron chi connectivity index (χ4n) is 1.61. The molecule has 1 aromatic carbocycles. The Hall–Kier alpha value is -1.27. The first kappa shape index (κ1) is 15.1. The summed E-state index contributed by atoms with van der Waals surface area (Å²) in [6.07, 6.45) is 0. The van der Waals surface area contributed by atoms with Gasteiger partial charge >= 0.3 is 0 Å². The number of nitrogens with zero attached hydrogens (tertiary/aromatic N) is 2. The van der Waals surface area contributed by atoms with Crippen molar-refractivity contribution in [1.82, 2.24) is 10.1 Å². The van der Waals surface area contributed by atoms with Crippen molar-refractivity contribution in [2.24, 2.45) is 0 Å². The number of hydrogen-bond donors (Lipinski definition) is 0. The first-order valence-corrected chi connectivity index (χ1v) is 7.87. The Labute approximate surface area is 130 Å². The van der Waals surface area contributed by atoms with Crippen LogP contribution in [0.2, 0.25) is 0 Å². The Kier molecular flexibility index (Phi) is 5.25. The molecular weight excluding hydrogens is 340 g/mol. The number of benzene rings is 1. The van der Waals surface area contributed by atoms with Crippen LogP contribution < -0.4 is 0 Å². The van der Waals surface area contributed by atoms with Crippen LogP contribution in [0.5, 0.6) is 0 Å². The molecule has 2 aromatic rings. The molecule has 0 saturated carbocycles. The van der Waals surface area contributed by atoms with Crippen molar-refractivity contribution in [3.63, 3.8) is 0 Å². The van der Waals surface area contributed by atoms with Gasteiger partial charge in [-0.3, -0.25) is 4.79 Å². The normalized spacial score (nSPS) is 10.6. The van der Waals surface area contributed by atoms with Gasteiger partial charge in [0.2, 0.25) is 5.91 Å². The summed E-state index contributed by atoms with van der Waals surface area (Å²) in [5.41, 5.74) is 0.770. The van der Waals surface area contributed by atoms with E-state index >= 15 is 0 Å². The molecule has 0 aliphatic heterocycles. The highest BCUT2D eigenvalue weighted by Gasteiger charge is 2.12. The molecule has 0 atom stereocenters. The first-order valence-electron chi connectivity index (χ1n) is 6.09. The average molecular weight is 355 g/mol. The monoisotopic (exact) mass is 354 g/mol. The molecule has 0 fully saturated rings. The largest absolute Gasteiger partial charge is 0.361 e. The predicted molar refractivity (Wildman–Crippen MR) is 82.6 cm³/mol. The van der Waals surface area contributed by atoms with Crippen molar-refractivity contribution in [1.29, 1.82) is 0 Å². The number of thioether (sulfide) groups is 1. The van der Waals surface area contributed by atoms with Gasteiger partial charge in [0.1, 0.15) is 11.5 Å². The Bertz CT molecular complexity index is 583. The van der Waals surface area contributed by atoms with E-state index in [2.05, 4.69) is 21.1 Å². The lowest BCUT2D eigenvalue weighted by molar-refractivity contribution is -0.127. The van der Waals surface area contributed by atoms with Crippen LogP contribution in [0.3, 0.4) is 0 Å². The van der Waals surface area contributed by atoms with E-state index in [1.165, 1.54) is 11.8 Å². The summed E-state index contributed by atoms with van der Waals surface area (Å²) in [6.45, 7) is 2.30. The average Bonchev–Trinajstić information content (AvgIpc) is 2.83. The van der Waals surface area contributed by atoms with Gasteiger partial charge in [0.15, 0.2) is 0 Å². The van der Waals surface area contributed by atoms with Crippen LogP contribution in [-0.2, 0) is 11.3 Å². The van der Waals surface area contributed by atoms with Gasteiger partial charge < -0.3 is 9.42 Å². The number of amides is 1.